The van der Waals surface area contributed by atoms with E-state index in [2.05, 4.69) is 0 Å². The predicted octanol–water partition coefficient (Wildman–Crippen LogP) is 1.18. The number of rotatable bonds is 3. The van der Waals surface area contributed by atoms with E-state index in [1.165, 1.54) is 23.0 Å². The number of aromatic nitrogens is 1. The largest absolute Gasteiger partial charge is 0.412 e. The number of hydrogen-bond donors (Lipinski definition) is 1. The Bertz CT molecular complexity index is 636. The van der Waals surface area contributed by atoms with Crippen molar-refractivity contribution in [3.8, 4) is 0 Å². The van der Waals surface area contributed by atoms with Crippen LogP contribution < -0.4 is 5.32 Å². The van der Waals surface area contributed by atoms with Gasteiger partial charge in [0, 0.05) is 25.0 Å². The SMILES string of the molecule is Cn1ccc([C@H](NC(=O)[C@H]2CCS(=O)(=O)C2)C(F)(F)F)c1. The van der Waals surface area contributed by atoms with Crippen LogP contribution in [0.5, 0.6) is 0 Å². The molecule has 0 unspecified atom stereocenters. The van der Waals surface area contributed by atoms with Gasteiger partial charge in [-0.05, 0) is 12.5 Å². The average molecular weight is 324 g/mol. The molecule has 2 heterocycles. The van der Waals surface area contributed by atoms with Gasteiger partial charge < -0.3 is 9.88 Å². The van der Waals surface area contributed by atoms with Gasteiger partial charge in [-0.25, -0.2) is 8.42 Å². The van der Waals surface area contributed by atoms with Crippen LogP contribution in [0.3, 0.4) is 0 Å². The number of amides is 1. The molecule has 0 aliphatic carbocycles. The van der Waals surface area contributed by atoms with Gasteiger partial charge in [-0.1, -0.05) is 0 Å². The Balaban J connectivity index is 2.15. The summed E-state index contributed by atoms with van der Waals surface area (Å²) in [5.74, 6) is -2.34. The van der Waals surface area contributed by atoms with Crippen LogP contribution >= 0.6 is 0 Å². The van der Waals surface area contributed by atoms with E-state index in [1.54, 1.807) is 7.05 Å². The van der Waals surface area contributed by atoms with Crippen LogP contribution in [0.15, 0.2) is 18.5 Å². The quantitative estimate of drug-likeness (QED) is 0.908. The van der Waals surface area contributed by atoms with Crippen LogP contribution in [0.1, 0.15) is 18.0 Å². The lowest BCUT2D eigenvalue weighted by atomic mass is 10.1. The van der Waals surface area contributed by atoms with E-state index >= 15 is 0 Å². The molecule has 1 aliphatic heterocycles. The number of hydrogen-bond acceptors (Lipinski definition) is 3. The molecular weight excluding hydrogens is 309 g/mol. The molecule has 0 bridgehead atoms. The highest BCUT2D eigenvalue weighted by Gasteiger charge is 2.44. The minimum Gasteiger partial charge on any atom is -0.357 e. The highest BCUT2D eigenvalue weighted by molar-refractivity contribution is 7.91. The second-order valence-electron chi connectivity index (χ2n) is 5.19. The summed E-state index contributed by atoms with van der Waals surface area (Å²) in [4.78, 5) is 11.9. The van der Waals surface area contributed by atoms with Crippen molar-refractivity contribution in [2.24, 2.45) is 13.0 Å². The second kappa shape index (κ2) is 5.36. The third-order valence-corrected chi connectivity index (χ3v) is 5.17. The van der Waals surface area contributed by atoms with Crippen molar-refractivity contribution in [3.63, 3.8) is 0 Å². The molecular formula is C12H15F3N2O3S. The molecule has 0 spiro atoms. The molecule has 2 atom stereocenters. The molecule has 0 saturated carbocycles. The molecule has 21 heavy (non-hydrogen) atoms. The Kier molecular flexibility index (Phi) is 4.05. The number of alkyl halides is 3. The summed E-state index contributed by atoms with van der Waals surface area (Å²) in [5, 5.41) is 1.92. The van der Waals surface area contributed by atoms with E-state index in [1.807, 2.05) is 5.32 Å². The van der Waals surface area contributed by atoms with Crippen LogP contribution in [0, 0.1) is 5.92 Å². The summed E-state index contributed by atoms with van der Waals surface area (Å²) in [6, 6.07) is -0.862. The maximum Gasteiger partial charge on any atom is 0.412 e. The third kappa shape index (κ3) is 3.78. The standard InChI is InChI=1S/C12H15F3N2O3S/c1-17-4-2-8(6-17)10(12(13,14)15)16-11(18)9-3-5-21(19,20)7-9/h2,4,6,9-10H,3,5,7H2,1H3,(H,16,18)/t9-,10-/m0/s1. The lowest BCUT2D eigenvalue weighted by molar-refractivity contribution is -0.164. The predicted molar refractivity (Wildman–Crippen MR) is 69.1 cm³/mol. The molecule has 1 aromatic rings. The summed E-state index contributed by atoms with van der Waals surface area (Å²) in [7, 11) is -1.75. The van der Waals surface area contributed by atoms with E-state index in [0.717, 1.165) is 0 Å². The minimum absolute atomic E-state index is 0.0630. The maximum atomic E-state index is 13.1. The molecule has 5 nitrogen and oxygen atoms in total. The number of carbonyl (C=O) groups excluding carboxylic acids is 1. The van der Waals surface area contributed by atoms with Crippen molar-refractivity contribution in [2.75, 3.05) is 11.5 Å². The van der Waals surface area contributed by atoms with Gasteiger partial charge in [-0.2, -0.15) is 13.2 Å². The number of aryl methyl sites for hydroxylation is 1. The summed E-state index contributed by atoms with van der Waals surface area (Å²) in [6.07, 6.45) is -1.87. The van der Waals surface area contributed by atoms with Gasteiger partial charge in [0.2, 0.25) is 5.91 Å². The molecule has 1 aliphatic rings. The van der Waals surface area contributed by atoms with Gasteiger partial charge in [-0.15, -0.1) is 0 Å². The van der Waals surface area contributed by atoms with E-state index in [-0.39, 0.29) is 17.7 Å². The Labute approximate surface area is 120 Å². The maximum absolute atomic E-state index is 13.1. The first-order valence-electron chi connectivity index (χ1n) is 6.28. The van der Waals surface area contributed by atoms with Crippen molar-refractivity contribution < 1.29 is 26.4 Å². The highest BCUT2D eigenvalue weighted by Crippen LogP contribution is 2.33. The first-order valence-corrected chi connectivity index (χ1v) is 8.10. The van der Waals surface area contributed by atoms with Gasteiger partial charge in [0.15, 0.2) is 15.9 Å². The molecule has 2 rings (SSSR count). The van der Waals surface area contributed by atoms with Crippen LogP contribution in [0.25, 0.3) is 0 Å². The topological polar surface area (TPSA) is 68.2 Å². The summed E-state index contributed by atoms with van der Waals surface area (Å²) >= 11 is 0. The van der Waals surface area contributed by atoms with Gasteiger partial charge in [0.05, 0.1) is 17.4 Å². The third-order valence-electron chi connectivity index (χ3n) is 3.41. The Hall–Kier alpha value is -1.51. The molecule has 0 aromatic carbocycles. The second-order valence-corrected chi connectivity index (χ2v) is 7.42. The van der Waals surface area contributed by atoms with Gasteiger partial charge in [-0.3, -0.25) is 4.79 Å². The van der Waals surface area contributed by atoms with E-state index in [4.69, 9.17) is 0 Å². The van der Waals surface area contributed by atoms with E-state index < -0.39 is 39.6 Å². The van der Waals surface area contributed by atoms with Crippen LogP contribution in [0.4, 0.5) is 13.2 Å². The summed E-state index contributed by atoms with van der Waals surface area (Å²) in [6.45, 7) is 0. The number of sulfone groups is 1. The zero-order chi connectivity index (χ0) is 15.8. The Morgan fingerprint density at radius 2 is 2.14 bits per heavy atom. The van der Waals surface area contributed by atoms with Crippen LogP contribution in [-0.2, 0) is 21.7 Å². The van der Waals surface area contributed by atoms with Gasteiger partial charge in [0.1, 0.15) is 0 Å². The van der Waals surface area contributed by atoms with Crippen molar-refractivity contribution in [3.05, 3.63) is 24.0 Å². The monoisotopic (exact) mass is 324 g/mol. The van der Waals surface area contributed by atoms with Crippen LogP contribution in [0.2, 0.25) is 0 Å². The van der Waals surface area contributed by atoms with Crippen molar-refractivity contribution >= 4 is 15.7 Å². The molecule has 1 amide bonds. The summed E-state index contributed by atoms with van der Waals surface area (Å²) < 4.78 is 63.3. The first kappa shape index (κ1) is 15.9. The number of nitrogens with one attached hydrogen (secondary N) is 1. The first-order chi connectivity index (χ1) is 9.58. The van der Waals surface area contributed by atoms with Gasteiger partial charge in [0.25, 0.3) is 0 Å². The highest BCUT2D eigenvalue weighted by atomic mass is 32.2. The fourth-order valence-electron chi connectivity index (χ4n) is 2.31. The van der Waals surface area contributed by atoms with E-state index in [9.17, 15) is 26.4 Å². The fraction of sp³-hybridized carbons (Fsp3) is 0.583. The molecule has 1 aromatic heterocycles. The molecule has 9 heteroatoms. The Morgan fingerprint density at radius 3 is 2.57 bits per heavy atom. The van der Waals surface area contributed by atoms with Crippen molar-refractivity contribution in [1.82, 2.24) is 9.88 Å². The molecule has 1 N–H and O–H groups in total. The molecule has 118 valence electrons. The lowest BCUT2D eigenvalue weighted by Crippen LogP contribution is -2.41. The van der Waals surface area contributed by atoms with Crippen LogP contribution in [-0.4, -0.2) is 36.6 Å². The number of halogens is 3. The lowest BCUT2D eigenvalue weighted by Gasteiger charge is -2.22. The molecule has 0 radical (unpaired) electrons. The Morgan fingerprint density at radius 1 is 1.48 bits per heavy atom. The zero-order valence-electron chi connectivity index (χ0n) is 11.2. The molecule has 1 saturated heterocycles. The zero-order valence-corrected chi connectivity index (χ0v) is 12.0. The van der Waals surface area contributed by atoms with E-state index in [0.29, 0.717) is 0 Å². The normalized spacial score (nSPS) is 23.0. The molecule has 1 fully saturated rings. The smallest absolute Gasteiger partial charge is 0.357 e. The minimum atomic E-state index is -4.64. The van der Waals surface area contributed by atoms with Crippen molar-refractivity contribution in [1.29, 1.82) is 0 Å². The summed E-state index contributed by atoms with van der Waals surface area (Å²) in [5.41, 5.74) is -0.0841. The van der Waals surface area contributed by atoms with Gasteiger partial charge >= 0.3 is 6.18 Å². The fourth-order valence-corrected chi connectivity index (χ4v) is 4.05. The average Bonchev–Trinajstić information content (AvgIpc) is 2.90. The van der Waals surface area contributed by atoms with Crippen molar-refractivity contribution in [2.45, 2.75) is 18.6 Å². The number of carbonyl (C=O) groups is 1. The number of nitrogens with zero attached hydrogens (tertiary/aromatic N) is 1.